The van der Waals surface area contributed by atoms with Crippen LogP contribution in [0.2, 0.25) is 0 Å². The zero-order valence-electron chi connectivity index (χ0n) is 15.1. The van der Waals surface area contributed by atoms with E-state index in [4.69, 9.17) is 0 Å². The molecule has 0 bridgehead atoms. The highest BCUT2D eigenvalue weighted by Crippen LogP contribution is 2.21. The van der Waals surface area contributed by atoms with Crippen molar-refractivity contribution in [2.45, 2.75) is 25.3 Å². The Labute approximate surface area is 149 Å². The molecule has 6 heteroatoms. The first-order valence-electron chi connectivity index (χ1n) is 8.13. The van der Waals surface area contributed by atoms with Crippen molar-refractivity contribution in [2.24, 2.45) is 0 Å². The van der Waals surface area contributed by atoms with Gasteiger partial charge in [-0.05, 0) is 36.8 Å². The van der Waals surface area contributed by atoms with Crippen molar-refractivity contribution in [3.05, 3.63) is 59.7 Å². The summed E-state index contributed by atoms with van der Waals surface area (Å²) in [5.74, 6) is -0.153. The molecule has 0 fully saturated rings. The maximum Gasteiger partial charge on any atom is 0.243 e. The summed E-state index contributed by atoms with van der Waals surface area (Å²) in [6.45, 7) is 3.87. The Bertz CT molecular complexity index is 843. The number of ketones is 1. The van der Waals surface area contributed by atoms with Gasteiger partial charge in [0.1, 0.15) is 0 Å². The molecule has 0 heterocycles. The van der Waals surface area contributed by atoms with Gasteiger partial charge in [0, 0.05) is 38.4 Å². The molecular formula is C19H24N2O3S. The van der Waals surface area contributed by atoms with Crippen LogP contribution >= 0.6 is 0 Å². The summed E-state index contributed by atoms with van der Waals surface area (Å²) >= 11 is 0. The van der Waals surface area contributed by atoms with Crippen molar-refractivity contribution in [2.75, 3.05) is 25.5 Å². The molecule has 0 N–H and O–H groups in total. The molecule has 0 radical (unpaired) electrons. The van der Waals surface area contributed by atoms with Crippen molar-refractivity contribution < 1.29 is 13.2 Å². The van der Waals surface area contributed by atoms with Gasteiger partial charge in [-0.15, -0.1) is 0 Å². The van der Waals surface area contributed by atoms with Crippen LogP contribution in [0, 0.1) is 0 Å². The van der Waals surface area contributed by atoms with Crippen LogP contribution in [0.25, 0.3) is 0 Å². The maximum atomic E-state index is 12.9. The van der Waals surface area contributed by atoms with Crippen LogP contribution < -0.4 is 4.90 Å². The first kappa shape index (κ1) is 19.1. The second kappa shape index (κ2) is 7.80. The topological polar surface area (TPSA) is 57.7 Å². The second-order valence-electron chi connectivity index (χ2n) is 6.08. The summed E-state index contributed by atoms with van der Waals surface area (Å²) in [5, 5.41) is 0. The van der Waals surface area contributed by atoms with Gasteiger partial charge in [0.2, 0.25) is 10.0 Å². The van der Waals surface area contributed by atoms with Gasteiger partial charge in [-0.25, -0.2) is 8.42 Å². The van der Waals surface area contributed by atoms with Crippen molar-refractivity contribution >= 4 is 21.5 Å². The van der Waals surface area contributed by atoms with E-state index in [1.54, 1.807) is 19.1 Å². The molecule has 0 aliphatic carbocycles. The Morgan fingerprint density at radius 1 is 1.04 bits per heavy atom. The normalized spacial score (nSPS) is 11.6. The van der Waals surface area contributed by atoms with Crippen LogP contribution in [0.5, 0.6) is 0 Å². The van der Waals surface area contributed by atoms with E-state index < -0.39 is 10.0 Å². The Kier molecular flexibility index (Phi) is 5.98. The van der Waals surface area contributed by atoms with Gasteiger partial charge < -0.3 is 4.90 Å². The van der Waals surface area contributed by atoms with Crippen LogP contribution in [0.4, 0.5) is 5.69 Å². The van der Waals surface area contributed by atoms with Crippen LogP contribution in [0.1, 0.15) is 29.8 Å². The molecule has 0 spiro atoms. The SMILES string of the molecule is CCN(Cc1ccc(N(C)C)cc1)S(=O)(=O)c1cccc(C(C)=O)c1. The number of nitrogens with zero attached hydrogens (tertiary/aromatic N) is 2. The minimum atomic E-state index is -3.66. The summed E-state index contributed by atoms with van der Waals surface area (Å²) in [4.78, 5) is 13.7. The molecule has 0 aliphatic heterocycles. The number of carbonyl (C=O) groups is 1. The molecule has 0 aromatic heterocycles. The molecule has 0 saturated heterocycles. The first-order chi connectivity index (χ1) is 11.8. The average molecular weight is 360 g/mol. The molecular weight excluding hydrogens is 336 g/mol. The van der Waals surface area contributed by atoms with Crippen LogP contribution in [0.15, 0.2) is 53.4 Å². The number of hydrogen-bond donors (Lipinski definition) is 0. The third kappa shape index (κ3) is 4.46. The predicted octanol–water partition coefficient (Wildman–Crippen LogP) is 3.17. The van der Waals surface area contributed by atoms with E-state index in [0.717, 1.165) is 11.3 Å². The number of benzene rings is 2. The molecule has 0 unspecified atom stereocenters. The second-order valence-corrected chi connectivity index (χ2v) is 8.01. The van der Waals surface area contributed by atoms with E-state index in [9.17, 15) is 13.2 Å². The van der Waals surface area contributed by atoms with Crippen molar-refractivity contribution in [3.63, 3.8) is 0 Å². The fourth-order valence-electron chi connectivity index (χ4n) is 2.49. The zero-order valence-corrected chi connectivity index (χ0v) is 15.9. The lowest BCUT2D eigenvalue weighted by Gasteiger charge is -2.21. The van der Waals surface area contributed by atoms with E-state index in [1.165, 1.54) is 23.4 Å². The molecule has 2 rings (SSSR count). The lowest BCUT2D eigenvalue weighted by atomic mass is 10.2. The molecule has 25 heavy (non-hydrogen) atoms. The number of rotatable bonds is 7. The van der Waals surface area contributed by atoms with Gasteiger partial charge in [-0.1, -0.05) is 31.2 Å². The monoisotopic (exact) mass is 360 g/mol. The molecule has 0 saturated carbocycles. The zero-order chi connectivity index (χ0) is 18.6. The minimum absolute atomic E-state index is 0.145. The Hall–Kier alpha value is -2.18. The van der Waals surface area contributed by atoms with E-state index >= 15 is 0 Å². The first-order valence-corrected chi connectivity index (χ1v) is 9.57. The Morgan fingerprint density at radius 3 is 2.20 bits per heavy atom. The summed E-state index contributed by atoms with van der Waals surface area (Å²) in [6, 6.07) is 14.0. The fraction of sp³-hybridized carbons (Fsp3) is 0.316. The van der Waals surface area contributed by atoms with E-state index in [1.807, 2.05) is 43.3 Å². The van der Waals surface area contributed by atoms with E-state index in [2.05, 4.69) is 0 Å². The number of sulfonamides is 1. The molecule has 5 nitrogen and oxygen atoms in total. The van der Waals surface area contributed by atoms with Gasteiger partial charge in [0.15, 0.2) is 5.78 Å². The molecule has 2 aromatic carbocycles. The van der Waals surface area contributed by atoms with Gasteiger partial charge >= 0.3 is 0 Å². The van der Waals surface area contributed by atoms with E-state index in [0.29, 0.717) is 12.1 Å². The van der Waals surface area contributed by atoms with Crippen LogP contribution in [0.3, 0.4) is 0 Å². The third-order valence-corrected chi connectivity index (χ3v) is 5.96. The van der Waals surface area contributed by atoms with Gasteiger partial charge in [-0.3, -0.25) is 4.79 Å². The largest absolute Gasteiger partial charge is 0.378 e. The fourth-order valence-corrected chi connectivity index (χ4v) is 3.98. The van der Waals surface area contributed by atoms with Crippen molar-refractivity contribution in [3.8, 4) is 0 Å². The van der Waals surface area contributed by atoms with Crippen LogP contribution in [-0.2, 0) is 16.6 Å². The number of carbonyl (C=O) groups excluding carboxylic acids is 1. The van der Waals surface area contributed by atoms with Gasteiger partial charge in [-0.2, -0.15) is 4.31 Å². The number of hydrogen-bond acceptors (Lipinski definition) is 4. The molecule has 0 atom stereocenters. The average Bonchev–Trinajstić information content (AvgIpc) is 2.59. The lowest BCUT2D eigenvalue weighted by Crippen LogP contribution is -2.30. The van der Waals surface area contributed by atoms with Gasteiger partial charge in [0.05, 0.1) is 4.90 Å². The summed E-state index contributed by atoms with van der Waals surface area (Å²) in [7, 11) is 0.255. The molecule has 0 aliphatic rings. The summed E-state index contributed by atoms with van der Waals surface area (Å²) < 4.78 is 27.3. The Balaban J connectivity index is 2.29. The predicted molar refractivity (Wildman–Crippen MR) is 100 cm³/mol. The third-order valence-electron chi connectivity index (χ3n) is 4.04. The van der Waals surface area contributed by atoms with Crippen LogP contribution in [-0.4, -0.2) is 39.1 Å². The van der Waals surface area contributed by atoms with Crippen molar-refractivity contribution in [1.29, 1.82) is 0 Å². The highest BCUT2D eigenvalue weighted by Gasteiger charge is 2.23. The van der Waals surface area contributed by atoms with Crippen molar-refractivity contribution in [1.82, 2.24) is 4.31 Å². The minimum Gasteiger partial charge on any atom is -0.378 e. The number of anilines is 1. The quantitative estimate of drug-likeness (QED) is 0.712. The molecule has 0 amide bonds. The maximum absolute atomic E-state index is 12.9. The molecule has 2 aromatic rings. The molecule has 134 valence electrons. The Morgan fingerprint density at radius 2 is 1.68 bits per heavy atom. The highest BCUT2D eigenvalue weighted by atomic mass is 32.2. The smallest absolute Gasteiger partial charge is 0.243 e. The highest BCUT2D eigenvalue weighted by molar-refractivity contribution is 7.89. The lowest BCUT2D eigenvalue weighted by molar-refractivity contribution is 0.101. The summed E-state index contributed by atoms with van der Waals surface area (Å²) in [6.07, 6.45) is 0. The standard InChI is InChI=1S/C19H24N2O3S/c1-5-21(14-16-9-11-18(12-10-16)20(3)4)25(23,24)19-8-6-7-17(13-19)15(2)22/h6-13H,5,14H2,1-4H3. The number of Topliss-reactive ketones (excluding diaryl/α,β-unsaturated/α-hetero) is 1. The summed E-state index contributed by atoms with van der Waals surface area (Å²) in [5.41, 5.74) is 2.37. The van der Waals surface area contributed by atoms with Gasteiger partial charge in [0.25, 0.3) is 0 Å². The van der Waals surface area contributed by atoms with E-state index in [-0.39, 0.29) is 17.2 Å².